The van der Waals surface area contributed by atoms with Gasteiger partial charge in [0.05, 0.1) is 35.1 Å². The van der Waals surface area contributed by atoms with Crippen LogP contribution in [-0.4, -0.2) is 104 Å². The molecule has 4 aromatic rings. The van der Waals surface area contributed by atoms with Crippen LogP contribution in [0.3, 0.4) is 0 Å². The number of hydrogen-bond acceptors (Lipinski definition) is 8. The summed E-state index contributed by atoms with van der Waals surface area (Å²) in [6, 6.07) is 9.62. The molecular weight excluding hydrogens is 506 g/mol. The number of carbonyl (C=O) groups excluding carboxylic acids is 1. The highest BCUT2D eigenvalue weighted by Gasteiger charge is 2.23. The van der Waals surface area contributed by atoms with Crippen molar-refractivity contribution in [2.24, 2.45) is 7.05 Å². The fraction of sp³-hybridized carbons (Fsp3) is 0.448. The molecule has 0 aliphatic carbocycles. The predicted octanol–water partition coefficient (Wildman–Crippen LogP) is 2.54. The zero-order chi connectivity index (χ0) is 28.4. The Hall–Kier alpha value is -3.80. The van der Waals surface area contributed by atoms with Crippen molar-refractivity contribution in [3.05, 3.63) is 54.5 Å². The topological polar surface area (TPSA) is 108 Å². The number of nitrogens with one attached hydrogen (secondary N) is 1. The number of fused-ring (bicyclic) bond motifs is 1. The predicted molar refractivity (Wildman–Crippen MR) is 158 cm³/mol. The number of amides is 1. The number of hydrogen-bond donors (Lipinski definition) is 2. The lowest BCUT2D eigenvalue weighted by Crippen LogP contribution is -2.48. The summed E-state index contributed by atoms with van der Waals surface area (Å²) in [6.07, 6.45) is 5.19. The van der Waals surface area contributed by atoms with Crippen molar-refractivity contribution in [1.29, 1.82) is 0 Å². The number of imidazole rings is 1. The van der Waals surface area contributed by atoms with E-state index >= 15 is 0 Å². The molecule has 1 fully saturated rings. The van der Waals surface area contributed by atoms with Crippen molar-refractivity contribution in [2.75, 3.05) is 63.6 Å². The molecule has 1 aliphatic rings. The number of pyridine rings is 1. The van der Waals surface area contributed by atoms with E-state index in [1.54, 1.807) is 43.1 Å². The molecular formula is C29H39N9O2. The number of benzene rings is 1. The smallest absolute Gasteiger partial charge is 0.258 e. The fourth-order valence-corrected chi connectivity index (χ4v) is 4.98. The lowest BCUT2D eigenvalue weighted by molar-refractivity contribution is 0.0630. The minimum absolute atomic E-state index is 0.276. The third-order valence-electron chi connectivity index (χ3n) is 7.13. The van der Waals surface area contributed by atoms with Gasteiger partial charge in [-0.05, 0) is 58.3 Å². The van der Waals surface area contributed by atoms with E-state index in [0.717, 1.165) is 61.6 Å². The molecule has 1 aromatic carbocycles. The molecule has 0 spiro atoms. The van der Waals surface area contributed by atoms with E-state index in [9.17, 15) is 9.90 Å². The van der Waals surface area contributed by atoms with Crippen LogP contribution in [0.4, 0.5) is 11.6 Å². The summed E-state index contributed by atoms with van der Waals surface area (Å²) in [5, 5.41) is 17.9. The molecule has 0 radical (unpaired) electrons. The standard InChI is InChI=1S/C29H39N9O2/c1-29(2,40)20-38-26-17-23(37-14-12-36(13-15-37)11-10-34(3)4)6-7-24(26)32-28(38)33-27(39)21-8-9-30-25(16-21)22-18-31-35(5)19-22/h6-9,16-19,40H,10-15,20H2,1-5H3,(H,32,33,39). The second kappa shape index (κ2) is 11.4. The Balaban J connectivity index is 1.39. The zero-order valence-corrected chi connectivity index (χ0v) is 24.0. The highest BCUT2D eigenvalue weighted by Crippen LogP contribution is 2.28. The van der Waals surface area contributed by atoms with Crippen LogP contribution in [0.25, 0.3) is 22.3 Å². The number of likely N-dealkylation sites (N-methyl/N-ethyl adjacent to an activating group) is 1. The summed E-state index contributed by atoms with van der Waals surface area (Å²) in [5.74, 6) is 0.0985. The summed E-state index contributed by atoms with van der Waals surface area (Å²) in [5.41, 5.74) is 3.70. The van der Waals surface area contributed by atoms with Crippen molar-refractivity contribution in [3.63, 3.8) is 0 Å². The van der Waals surface area contributed by atoms with Gasteiger partial charge >= 0.3 is 0 Å². The lowest BCUT2D eigenvalue weighted by Gasteiger charge is -2.36. The van der Waals surface area contributed by atoms with Gasteiger partial charge in [-0.25, -0.2) is 4.98 Å². The zero-order valence-electron chi connectivity index (χ0n) is 24.0. The average molecular weight is 546 g/mol. The number of carbonyl (C=O) groups is 1. The quantitative estimate of drug-likeness (QED) is 0.331. The number of anilines is 2. The Kier molecular flexibility index (Phi) is 7.88. The number of rotatable bonds is 9. The van der Waals surface area contributed by atoms with Crippen LogP contribution in [0.1, 0.15) is 24.2 Å². The molecule has 212 valence electrons. The summed E-state index contributed by atoms with van der Waals surface area (Å²) < 4.78 is 3.59. The number of aromatic nitrogens is 5. The maximum absolute atomic E-state index is 13.3. The molecule has 0 saturated carbocycles. The maximum Gasteiger partial charge on any atom is 0.258 e. The SMILES string of the molecule is CN(C)CCN1CCN(c2ccc3nc(NC(=O)c4ccnc(-c5cnn(C)c5)c4)n(CC(C)(C)O)c3c2)CC1. The molecule has 0 atom stereocenters. The molecule has 1 aliphatic heterocycles. The van der Waals surface area contributed by atoms with Crippen molar-refractivity contribution in [2.45, 2.75) is 26.0 Å². The van der Waals surface area contributed by atoms with Gasteiger partial charge in [0.15, 0.2) is 0 Å². The monoisotopic (exact) mass is 545 g/mol. The van der Waals surface area contributed by atoms with Crippen molar-refractivity contribution in [3.8, 4) is 11.3 Å². The van der Waals surface area contributed by atoms with Crippen molar-refractivity contribution < 1.29 is 9.90 Å². The van der Waals surface area contributed by atoms with E-state index in [1.807, 2.05) is 23.9 Å². The van der Waals surface area contributed by atoms with Gasteiger partial charge in [-0.1, -0.05) is 0 Å². The Bertz CT molecular complexity index is 1480. The summed E-state index contributed by atoms with van der Waals surface area (Å²) in [7, 11) is 6.05. The Morgan fingerprint density at radius 2 is 1.90 bits per heavy atom. The van der Waals surface area contributed by atoms with Crippen molar-refractivity contribution in [1.82, 2.24) is 34.1 Å². The van der Waals surface area contributed by atoms with E-state index in [4.69, 9.17) is 4.98 Å². The molecule has 3 aromatic heterocycles. The highest BCUT2D eigenvalue weighted by molar-refractivity contribution is 6.04. The maximum atomic E-state index is 13.3. The number of aryl methyl sites for hydroxylation is 1. The number of aliphatic hydroxyl groups is 1. The van der Waals surface area contributed by atoms with Gasteiger partial charge in [-0.15, -0.1) is 0 Å². The molecule has 5 rings (SSSR count). The molecule has 0 unspecified atom stereocenters. The van der Waals surface area contributed by atoms with Crippen LogP contribution in [0.5, 0.6) is 0 Å². The number of nitrogens with zero attached hydrogens (tertiary/aromatic N) is 8. The summed E-state index contributed by atoms with van der Waals surface area (Å²) in [6.45, 7) is 9.84. The first-order chi connectivity index (χ1) is 19.1. The van der Waals surface area contributed by atoms with Gasteiger partial charge in [-0.3, -0.25) is 24.7 Å². The van der Waals surface area contributed by atoms with E-state index in [-0.39, 0.29) is 12.5 Å². The molecule has 2 N–H and O–H groups in total. The Morgan fingerprint density at radius 3 is 2.58 bits per heavy atom. The molecule has 1 amide bonds. The summed E-state index contributed by atoms with van der Waals surface area (Å²) >= 11 is 0. The van der Waals surface area contributed by atoms with Crippen LogP contribution < -0.4 is 10.2 Å². The van der Waals surface area contributed by atoms with Crippen LogP contribution in [-0.2, 0) is 13.6 Å². The number of piperazine rings is 1. The lowest BCUT2D eigenvalue weighted by atomic mass is 10.1. The van der Waals surface area contributed by atoms with Gasteiger partial charge in [0.2, 0.25) is 5.95 Å². The molecule has 4 heterocycles. The second-order valence-corrected chi connectivity index (χ2v) is 11.4. The van der Waals surface area contributed by atoms with E-state index in [1.165, 1.54) is 0 Å². The van der Waals surface area contributed by atoms with Gasteiger partial charge in [-0.2, -0.15) is 5.10 Å². The van der Waals surface area contributed by atoms with Crippen LogP contribution in [0.15, 0.2) is 48.9 Å². The first kappa shape index (κ1) is 27.8. The molecule has 1 saturated heterocycles. The normalized spacial score (nSPS) is 14.8. The van der Waals surface area contributed by atoms with E-state index < -0.39 is 5.60 Å². The molecule has 40 heavy (non-hydrogen) atoms. The van der Waals surface area contributed by atoms with Gasteiger partial charge in [0.25, 0.3) is 5.91 Å². The first-order valence-electron chi connectivity index (χ1n) is 13.7. The second-order valence-electron chi connectivity index (χ2n) is 11.4. The van der Waals surface area contributed by atoms with E-state index in [2.05, 4.69) is 56.3 Å². The minimum Gasteiger partial charge on any atom is -0.389 e. The largest absolute Gasteiger partial charge is 0.389 e. The van der Waals surface area contributed by atoms with E-state index in [0.29, 0.717) is 17.2 Å². The molecule has 0 bridgehead atoms. The Labute approximate surface area is 235 Å². The van der Waals surface area contributed by atoms with Crippen molar-refractivity contribution >= 4 is 28.6 Å². The third kappa shape index (κ3) is 6.49. The van der Waals surface area contributed by atoms with Crippen LogP contribution in [0.2, 0.25) is 0 Å². The average Bonchev–Trinajstić information content (AvgIpc) is 3.50. The van der Waals surface area contributed by atoms with Crippen LogP contribution >= 0.6 is 0 Å². The molecule has 11 nitrogen and oxygen atoms in total. The highest BCUT2D eigenvalue weighted by atomic mass is 16.3. The van der Waals surface area contributed by atoms with Gasteiger partial charge < -0.3 is 19.5 Å². The van der Waals surface area contributed by atoms with Crippen LogP contribution in [0, 0.1) is 0 Å². The van der Waals surface area contributed by atoms with Gasteiger partial charge in [0, 0.05) is 75.5 Å². The minimum atomic E-state index is -1.01. The Morgan fingerprint density at radius 1 is 1.12 bits per heavy atom. The summed E-state index contributed by atoms with van der Waals surface area (Å²) in [4.78, 5) is 29.6. The third-order valence-corrected chi connectivity index (χ3v) is 7.13. The first-order valence-corrected chi connectivity index (χ1v) is 13.7. The van der Waals surface area contributed by atoms with Gasteiger partial charge in [0.1, 0.15) is 0 Å². The molecule has 11 heteroatoms. The fourth-order valence-electron chi connectivity index (χ4n) is 4.98.